The van der Waals surface area contributed by atoms with Crippen LogP contribution in [0, 0.1) is 5.41 Å². The summed E-state index contributed by atoms with van der Waals surface area (Å²) in [5.41, 5.74) is 6.36. The summed E-state index contributed by atoms with van der Waals surface area (Å²) in [6.45, 7) is 6.62. The molecule has 0 aromatic carbocycles. The van der Waals surface area contributed by atoms with Gasteiger partial charge in [0.15, 0.2) is 0 Å². The number of nitrogens with zero attached hydrogens (tertiary/aromatic N) is 1. The minimum absolute atomic E-state index is 0.112. The van der Waals surface area contributed by atoms with E-state index in [2.05, 4.69) is 25.8 Å². The lowest BCUT2D eigenvalue weighted by atomic mass is 9.99. The molecule has 1 heterocycles. The van der Waals surface area contributed by atoms with Gasteiger partial charge in [-0.15, -0.1) is 11.3 Å². The van der Waals surface area contributed by atoms with Crippen LogP contribution >= 0.6 is 11.3 Å². The summed E-state index contributed by atoms with van der Waals surface area (Å²) in [5.74, 6) is 0. The summed E-state index contributed by atoms with van der Waals surface area (Å²) in [5, 5.41) is 3.20. The van der Waals surface area contributed by atoms with Crippen LogP contribution in [-0.4, -0.2) is 11.0 Å². The third-order valence-electron chi connectivity index (χ3n) is 3.53. The van der Waals surface area contributed by atoms with Gasteiger partial charge in [0.2, 0.25) is 0 Å². The molecule has 1 aromatic heterocycles. The zero-order valence-electron chi connectivity index (χ0n) is 7.66. The molecule has 2 N–H and O–H groups in total. The van der Waals surface area contributed by atoms with Gasteiger partial charge in [-0.1, -0.05) is 20.8 Å². The lowest BCUT2D eigenvalue weighted by Crippen LogP contribution is -2.13. The maximum absolute atomic E-state index is 6.04. The van der Waals surface area contributed by atoms with Crippen LogP contribution in [0.2, 0.25) is 0 Å². The number of aromatic nitrogens is 1. The number of hydrogen-bond acceptors (Lipinski definition) is 3. The van der Waals surface area contributed by atoms with Crippen molar-refractivity contribution in [3.8, 4) is 0 Å². The molecule has 1 fully saturated rings. The molecule has 0 aliphatic heterocycles. The molecule has 2 nitrogen and oxygen atoms in total. The molecule has 12 heavy (non-hydrogen) atoms. The van der Waals surface area contributed by atoms with Gasteiger partial charge in [-0.3, -0.25) is 0 Å². The van der Waals surface area contributed by atoms with Crippen molar-refractivity contribution in [1.29, 1.82) is 0 Å². The van der Waals surface area contributed by atoms with E-state index in [-0.39, 0.29) is 16.9 Å². The first-order valence-electron chi connectivity index (χ1n) is 4.17. The number of rotatable bonds is 1. The molecule has 2 unspecified atom stereocenters. The highest BCUT2D eigenvalue weighted by atomic mass is 32.1. The van der Waals surface area contributed by atoms with Crippen LogP contribution in [0.15, 0.2) is 11.6 Å². The van der Waals surface area contributed by atoms with Crippen molar-refractivity contribution in [1.82, 2.24) is 4.98 Å². The molecule has 1 aliphatic carbocycles. The maximum Gasteiger partial charge on any atom is 0.101 e. The molecule has 0 spiro atoms. The highest BCUT2D eigenvalue weighted by molar-refractivity contribution is 7.09. The monoisotopic (exact) mass is 182 g/mol. The minimum atomic E-state index is 0.112. The van der Waals surface area contributed by atoms with Gasteiger partial charge in [0.05, 0.1) is 0 Å². The van der Waals surface area contributed by atoms with E-state index in [1.165, 1.54) is 5.01 Å². The molecule has 1 aromatic rings. The number of thiazole rings is 1. The molecule has 2 atom stereocenters. The third-order valence-corrected chi connectivity index (χ3v) is 4.54. The van der Waals surface area contributed by atoms with Crippen LogP contribution in [0.1, 0.15) is 25.8 Å². The Balaban J connectivity index is 2.39. The largest absolute Gasteiger partial charge is 0.326 e. The standard InChI is InChI=1S/C9H14N2S/c1-8(2)6(10)9(8,3)7-11-4-5-12-7/h4-6H,10H2,1-3H3. The zero-order chi connectivity index (χ0) is 8.98. The third kappa shape index (κ3) is 0.709. The molecule has 0 saturated heterocycles. The number of nitrogens with two attached hydrogens (primary N) is 1. The summed E-state index contributed by atoms with van der Waals surface area (Å²) in [6, 6.07) is 0.260. The molecule has 0 bridgehead atoms. The van der Waals surface area contributed by atoms with Gasteiger partial charge < -0.3 is 5.73 Å². The first-order valence-corrected chi connectivity index (χ1v) is 5.05. The molecule has 0 amide bonds. The first kappa shape index (κ1) is 8.20. The van der Waals surface area contributed by atoms with E-state index in [0.717, 1.165) is 0 Å². The van der Waals surface area contributed by atoms with E-state index in [9.17, 15) is 0 Å². The Bertz CT molecular complexity index is 291. The normalized spacial score (nSPS) is 38.2. The fourth-order valence-corrected chi connectivity index (χ4v) is 2.92. The van der Waals surface area contributed by atoms with E-state index >= 15 is 0 Å². The Hall–Kier alpha value is -0.410. The molecular weight excluding hydrogens is 168 g/mol. The van der Waals surface area contributed by atoms with Crippen molar-refractivity contribution in [3.05, 3.63) is 16.6 Å². The van der Waals surface area contributed by atoms with Crippen molar-refractivity contribution >= 4 is 11.3 Å². The highest BCUT2D eigenvalue weighted by Gasteiger charge is 2.68. The van der Waals surface area contributed by atoms with E-state index in [4.69, 9.17) is 5.73 Å². The topological polar surface area (TPSA) is 38.9 Å². The highest BCUT2D eigenvalue weighted by Crippen LogP contribution is 2.62. The molecular formula is C9H14N2S. The van der Waals surface area contributed by atoms with Gasteiger partial charge in [0.1, 0.15) is 5.01 Å². The fraction of sp³-hybridized carbons (Fsp3) is 0.667. The van der Waals surface area contributed by atoms with E-state index in [1.807, 2.05) is 11.6 Å². The van der Waals surface area contributed by atoms with Gasteiger partial charge in [-0.05, 0) is 5.41 Å². The predicted molar refractivity (Wildman–Crippen MR) is 51.2 cm³/mol. The van der Waals surface area contributed by atoms with Crippen molar-refractivity contribution < 1.29 is 0 Å². The summed E-state index contributed by atoms with van der Waals surface area (Å²) in [4.78, 5) is 4.33. The van der Waals surface area contributed by atoms with E-state index < -0.39 is 0 Å². The smallest absolute Gasteiger partial charge is 0.101 e. The summed E-state index contributed by atoms with van der Waals surface area (Å²) in [7, 11) is 0. The average molecular weight is 182 g/mol. The second-order valence-electron chi connectivity index (χ2n) is 4.24. The SMILES string of the molecule is CC1(C)C(N)C1(C)c1nccs1. The first-order chi connectivity index (χ1) is 5.51. The molecule has 2 rings (SSSR count). The van der Waals surface area contributed by atoms with Gasteiger partial charge in [-0.2, -0.15) is 0 Å². The lowest BCUT2D eigenvalue weighted by Gasteiger charge is -2.09. The van der Waals surface area contributed by atoms with Gasteiger partial charge in [0, 0.05) is 23.0 Å². The van der Waals surface area contributed by atoms with Gasteiger partial charge >= 0.3 is 0 Å². The zero-order valence-corrected chi connectivity index (χ0v) is 8.48. The van der Waals surface area contributed by atoms with Crippen LogP contribution in [0.4, 0.5) is 0 Å². The van der Waals surface area contributed by atoms with E-state index in [0.29, 0.717) is 0 Å². The maximum atomic E-state index is 6.04. The van der Waals surface area contributed by atoms with Crippen LogP contribution in [0.3, 0.4) is 0 Å². The average Bonchev–Trinajstić information content (AvgIpc) is 2.53. The second kappa shape index (κ2) is 2.09. The van der Waals surface area contributed by atoms with E-state index in [1.54, 1.807) is 11.3 Å². The fourth-order valence-electron chi connectivity index (χ4n) is 1.91. The quantitative estimate of drug-likeness (QED) is 0.719. The van der Waals surface area contributed by atoms with Crippen molar-refractivity contribution in [2.75, 3.05) is 0 Å². The van der Waals surface area contributed by atoms with Crippen molar-refractivity contribution in [2.45, 2.75) is 32.2 Å². The Morgan fingerprint density at radius 3 is 2.42 bits per heavy atom. The Morgan fingerprint density at radius 1 is 1.50 bits per heavy atom. The molecule has 1 aliphatic rings. The predicted octanol–water partition coefficient (Wildman–Crippen LogP) is 1.77. The second-order valence-corrected chi connectivity index (χ2v) is 5.13. The summed E-state index contributed by atoms with van der Waals surface area (Å²) < 4.78 is 0. The number of hydrogen-bond donors (Lipinski definition) is 1. The van der Waals surface area contributed by atoms with Crippen LogP contribution in [0.5, 0.6) is 0 Å². The summed E-state index contributed by atoms with van der Waals surface area (Å²) in [6.07, 6.45) is 1.85. The van der Waals surface area contributed by atoms with Crippen molar-refractivity contribution in [2.24, 2.45) is 11.1 Å². The van der Waals surface area contributed by atoms with Gasteiger partial charge in [-0.25, -0.2) is 4.98 Å². The molecule has 1 saturated carbocycles. The minimum Gasteiger partial charge on any atom is -0.326 e. The van der Waals surface area contributed by atoms with Crippen LogP contribution < -0.4 is 5.73 Å². The van der Waals surface area contributed by atoms with Gasteiger partial charge in [0.25, 0.3) is 0 Å². The van der Waals surface area contributed by atoms with Crippen molar-refractivity contribution in [3.63, 3.8) is 0 Å². The molecule has 3 heteroatoms. The van der Waals surface area contributed by atoms with Crippen LogP contribution in [0.25, 0.3) is 0 Å². The summed E-state index contributed by atoms with van der Waals surface area (Å²) >= 11 is 1.71. The Labute approximate surface area is 76.8 Å². The molecule has 0 radical (unpaired) electrons. The Kier molecular flexibility index (Phi) is 1.43. The lowest BCUT2D eigenvalue weighted by molar-refractivity contribution is 0.524. The Morgan fingerprint density at radius 2 is 2.08 bits per heavy atom. The van der Waals surface area contributed by atoms with Crippen LogP contribution in [-0.2, 0) is 5.41 Å². The molecule has 66 valence electrons.